The second kappa shape index (κ2) is 4.64. The molecule has 8 nitrogen and oxygen atoms in total. The van der Waals surface area contributed by atoms with Crippen molar-refractivity contribution in [1.29, 1.82) is 0 Å². The highest BCUT2D eigenvalue weighted by molar-refractivity contribution is 6.23. The standard InChI is InChI=1S/C13H18N6O2/c1-7(2)5-19-11(20)9-10(17(4)13(19)21)14-12-16-15-8(3)6-18(9)12/h7,9H,5-6H2,1-4H3/p+1. The molecular weight excluding hydrogens is 272 g/mol. The minimum atomic E-state index is -0.542. The number of nitrogens with one attached hydrogen (secondary N) is 1. The van der Waals surface area contributed by atoms with Gasteiger partial charge in [-0.1, -0.05) is 18.8 Å². The van der Waals surface area contributed by atoms with Crippen molar-refractivity contribution in [2.75, 3.05) is 20.1 Å². The average molecular weight is 291 g/mol. The van der Waals surface area contributed by atoms with E-state index in [1.54, 1.807) is 7.05 Å². The molecule has 0 radical (unpaired) electrons. The zero-order valence-corrected chi connectivity index (χ0v) is 12.6. The Kier molecular flexibility index (Phi) is 3.03. The van der Waals surface area contributed by atoms with Gasteiger partial charge < -0.3 is 0 Å². The molecule has 3 amide bonds. The molecule has 21 heavy (non-hydrogen) atoms. The zero-order valence-electron chi connectivity index (χ0n) is 12.6. The Bertz CT molecular complexity index is 618. The van der Waals surface area contributed by atoms with Crippen LogP contribution in [0.1, 0.15) is 20.8 Å². The molecule has 1 N–H and O–H groups in total. The number of fused-ring (bicyclic) bond motifs is 2. The highest BCUT2D eigenvalue weighted by Crippen LogP contribution is 2.21. The summed E-state index contributed by atoms with van der Waals surface area (Å²) in [6.45, 7) is 6.79. The number of amidine groups is 1. The predicted octanol–water partition coefficient (Wildman–Crippen LogP) is -0.335. The molecule has 0 saturated carbocycles. The van der Waals surface area contributed by atoms with Gasteiger partial charge in [0.25, 0.3) is 5.91 Å². The van der Waals surface area contributed by atoms with Gasteiger partial charge in [0, 0.05) is 13.6 Å². The van der Waals surface area contributed by atoms with Crippen molar-refractivity contribution >= 4 is 29.4 Å². The number of urea groups is 1. The van der Waals surface area contributed by atoms with Crippen LogP contribution in [0.15, 0.2) is 10.1 Å². The smallest absolute Gasteiger partial charge is 0.270 e. The number of hydrogen-bond acceptors (Lipinski definition) is 5. The first-order chi connectivity index (χ1) is 9.90. The first-order valence-electron chi connectivity index (χ1n) is 7.00. The van der Waals surface area contributed by atoms with Crippen molar-refractivity contribution in [1.82, 2.24) is 15.2 Å². The SMILES string of the molecule is CC1=NNC2=[N+](C1)C1C(=O)N(CC(C)C)C(=O)N(C)C1=N2. The van der Waals surface area contributed by atoms with Gasteiger partial charge in [0.05, 0.1) is 5.71 Å². The van der Waals surface area contributed by atoms with E-state index in [0.717, 1.165) is 5.71 Å². The quantitative estimate of drug-likeness (QED) is 0.707. The molecule has 0 aromatic carbocycles. The van der Waals surface area contributed by atoms with Gasteiger partial charge in [-0.3, -0.25) is 14.6 Å². The van der Waals surface area contributed by atoms with Crippen LogP contribution in [0.4, 0.5) is 4.79 Å². The lowest BCUT2D eigenvalue weighted by molar-refractivity contribution is -0.524. The Morgan fingerprint density at radius 1 is 1.43 bits per heavy atom. The first kappa shape index (κ1) is 13.7. The molecule has 0 aromatic heterocycles. The predicted molar refractivity (Wildman–Crippen MR) is 77.3 cm³/mol. The Balaban J connectivity index is 1.96. The first-order valence-corrected chi connectivity index (χ1v) is 7.00. The van der Waals surface area contributed by atoms with Gasteiger partial charge in [0.2, 0.25) is 11.9 Å². The Morgan fingerprint density at radius 2 is 2.14 bits per heavy atom. The summed E-state index contributed by atoms with van der Waals surface area (Å²) in [7, 11) is 1.65. The lowest BCUT2D eigenvalue weighted by atomic mass is 10.1. The van der Waals surface area contributed by atoms with Crippen LogP contribution in [-0.4, -0.2) is 70.0 Å². The van der Waals surface area contributed by atoms with Crippen molar-refractivity contribution in [2.45, 2.75) is 26.8 Å². The number of nitrogens with zero attached hydrogens (tertiary/aromatic N) is 5. The number of rotatable bonds is 2. The number of guanidine groups is 1. The van der Waals surface area contributed by atoms with Gasteiger partial charge in [-0.2, -0.15) is 5.43 Å². The molecule has 0 aromatic rings. The number of carbonyl (C=O) groups is 2. The van der Waals surface area contributed by atoms with Gasteiger partial charge >= 0.3 is 12.0 Å². The van der Waals surface area contributed by atoms with Crippen molar-refractivity contribution in [3.63, 3.8) is 0 Å². The van der Waals surface area contributed by atoms with Gasteiger partial charge in [-0.15, -0.1) is 5.10 Å². The van der Waals surface area contributed by atoms with Crippen LogP contribution in [0.25, 0.3) is 0 Å². The van der Waals surface area contributed by atoms with Crippen LogP contribution in [-0.2, 0) is 4.79 Å². The van der Waals surface area contributed by atoms with E-state index in [9.17, 15) is 9.59 Å². The fourth-order valence-corrected chi connectivity index (χ4v) is 2.73. The fraction of sp³-hybridized carbons (Fsp3) is 0.615. The van der Waals surface area contributed by atoms with Crippen LogP contribution >= 0.6 is 0 Å². The summed E-state index contributed by atoms with van der Waals surface area (Å²) in [6.07, 6.45) is 0. The Morgan fingerprint density at radius 3 is 2.81 bits per heavy atom. The van der Waals surface area contributed by atoms with E-state index in [2.05, 4.69) is 15.5 Å². The van der Waals surface area contributed by atoms with Gasteiger partial charge in [-0.05, 0) is 12.8 Å². The van der Waals surface area contributed by atoms with Crippen LogP contribution in [0.3, 0.4) is 0 Å². The molecule has 1 fully saturated rings. The second-order valence-corrected chi connectivity index (χ2v) is 5.97. The van der Waals surface area contributed by atoms with Crippen LogP contribution in [0.5, 0.6) is 0 Å². The molecule has 1 atom stereocenters. The molecule has 0 aliphatic carbocycles. The summed E-state index contributed by atoms with van der Waals surface area (Å²) in [5, 5.41) is 4.12. The third-order valence-corrected chi connectivity index (χ3v) is 3.70. The summed E-state index contributed by atoms with van der Waals surface area (Å²) in [6, 6.07) is -0.860. The van der Waals surface area contributed by atoms with Gasteiger partial charge in [-0.25, -0.2) is 9.37 Å². The third-order valence-electron chi connectivity index (χ3n) is 3.70. The van der Waals surface area contributed by atoms with Gasteiger partial charge in [0.15, 0.2) is 0 Å². The molecular formula is C13H19N6O2+. The molecule has 112 valence electrons. The monoisotopic (exact) mass is 291 g/mol. The molecule has 3 aliphatic rings. The highest BCUT2D eigenvalue weighted by Gasteiger charge is 2.53. The number of carbonyl (C=O) groups excluding carboxylic acids is 2. The van der Waals surface area contributed by atoms with E-state index in [1.807, 2.05) is 25.3 Å². The Labute approximate surface area is 122 Å². The molecule has 3 heterocycles. The van der Waals surface area contributed by atoms with Crippen molar-refractivity contribution in [3.8, 4) is 0 Å². The van der Waals surface area contributed by atoms with Crippen LogP contribution < -0.4 is 5.43 Å². The maximum Gasteiger partial charge on any atom is 0.414 e. The maximum absolute atomic E-state index is 12.7. The molecule has 0 spiro atoms. The van der Waals surface area contributed by atoms with E-state index in [4.69, 9.17) is 0 Å². The summed E-state index contributed by atoms with van der Waals surface area (Å²) in [5.74, 6) is 1.01. The number of hydrazone groups is 1. The number of aliphatic imine (C=N–C) groups is 1. The molecule has 3 aliphatic heterocycles. The lowest BCUT2D eigenvalue weighted by Crippen LogP contribution is -2.63. The normalized spacial score (nSPS) is 24.9. The number of likely N-dealkylation sites (N-methyl/N-ethyl adjacent to an activating group) is 1. The topological polar surface area (TPSA) is 80.4 Å². The molecule has 1 unspecified atom stereocenters. The number of amides is 3. The van der Waals surface area contributed by atoms with E-state index >= 15 is 0 Å². The lowest BCUT2D eigenvalue weighted by Gasteiger charge is -2.35. The molecule has 3 rings (SSSR count). The summed E-state index contributed by atoms with van der Waals surface area (Å²) in [4.78, 5) is 32.2. The van der Waals surface area contributed by atoms with Gasteiger partial charge in [0.1, 0.15) is 6.54 Å². The molecule has 0 bridgehead atoms. The van der Waals surface area contributed by atoms with Crippen molar-refractivity contribution < 1.29 is 14.2 Å². The minimum Gasteiger partial charge on any atom is -0.270 e. The summed E-state index contributed by atoms with van der Waals surface area (Å²) >= 11 is 0. The molecule has 8 heteroatoms. The van der Waals surface area contributed by atoms with Crippen molar-refractivity contribution in [2.24, 2.45) is 16.0 Å². The van der Waals surface area contributed by atoms with Crippen LogP contribution in [0, 0.1) is 5.92 Å². The van der Waals surface area contributed by atoms with Crippen LogP contribution in [0.2, 0.25) is 0 Å². The summed E-state index contributed by atoms with van der Waals surface area (Å²) in [5.41, 5.74) is 3.71. The zero-order chi connectivity index (χ0) is 15.3. The van der Waals surface area contributed by atoms with E-state index in [-0.39, 0.29) is 17.9 Å². The number of imide groups is 1. The summed E-state index contributed by atoms with van der Waals surface area (Å²) < 4.78 is 1.86. The average Bonchev–Trinajstić information content (AvgIpc) is 2.79. The third kappa shape index (κ3) is 2.01. The Hall–Kier alpha value is -2.25. The van der Waals surface area contributed by atoms with E-state index in [0.29, 0.717) is 24.9 Å². The maximum atomic E-state index is 12.7. The number of hydrogen-bond donors (Lipinski definition) is 1. The second-order valence-electron chi connectivity index (χ2n) is 5.97. The fourth-order valence-electron chi connectivity index (χ4n) is 2.73. The van der Waals surface area contributed by atoms with E-state index in [1.165, 1.54) is 9.80 Å². The highest BCUT2D eigenvalue weighted by atomic mass is 16.2. The molecule has 1 saturated heterocycles. The van der Waals surface area contributed by atoms with Crippen molar-refractivity contribution in [3.05, 3.63) is 0 Å². The van der Waals surface area contributed by atoms with E-state index < -0.39 is 6.04 Å². The minimum absolute atomic E-state index is 0.211. The largest absolute Gasteiger partial charge is 0.414 e.